The molecule has 0 unspecified atom stereocenters. The van der Waals surface area contributed by atoms with Crippen molar-refractivity contribution in [3.63, 3.8) is 0 Å². The summed E-state index contributed by atoms with van der Waals surface area (Å²) in [6.45, 7) is 5.73. The van der Waals surface area contributed by atoms with E-state index < -0.39 is 0 Å². The largest absolute Gasteiger partial charge is 0.491 e. The van der Waals surface area contributed by atoms with Crippen molar-refractivity contribution in [3.05, 3.63) is 54.1 Å². The number of methoxy groups -OCH3 is 1. The molecule has 1 aliphatic rings. The van der Waals surface area contributed by atoms with E-state index in [-0.39, 0.29) is 30.0 Å². The average Bonchev–Trinajstić information content (AvgIpc) is 2.79. The molecule has 0 saturated heterocycles. The van der Waals surface area contributed by atoms with E-state index in [1.54, 1.807) is 49.4 Å². The zero-order chi connectivity index (χ0) is 23.1. The van der Waals surface area contributed by atoms with E-state index in [2.05, 4.69) is 22.9 Å². The molecule has 0 radical (unpaired) electrons. The van der Waals surface area contributed by atoms with Crippen LogP contribution in [0.5, 0.6) is 5.75 Å². The number of hydrogen-bond donors (Lipinski definition) is 3. The number of anilines is 2. The number of rotatable bonds is 3. The summed E-state index contributed by atoms with van der Waals surface area (Å²) < 4.78 is 11.6. The Balaban J connectivity index is 1.81. The molecular formula is C24H32N4O4. The lowest BCUT2D eigenvalue weighted by atomic mass is 10.0. The molecule has 3 N–H and O–H groups in total. The summed E-state index contributed by atoms with van der Waals surface area (Å²) in [5.74, 6) is 0.498. The normalized spacial score (nSPS) is 22.1. The van der Waals surface area contributed by atoms with Gasteiger partial charge in [0.05, 0.1) is 11.7 Å². The predicted molar refractivity (Wildman–Crippen MR) is 125 cm³/mol. The molecule has 0 bridgehead atoms. The number of benzene rings is 2. The lowest BCUT2D eigenvalue weighted by Gasteiger charge is -2.30. The second-order valence-corrected chi connectivity index (χ2v) is 8.21. The topological polar surface area (TPSA) is 91.9 Å². The molecule has 3 amide bonds. The van der Waals surface area contributed by atoms with Crippen molar-refractivity contribution < 1.29 is 19.1 Å². The first-order chi connectivity index (χ1) is 15.4. The van der Waals surface area contributed by atoms with Gasteiger partial charge >= 0.3 is 6.03 Å². The van der Waals surface area contributed by atoms with Crippen molar-refractivity contribution in [2.24, 2.45) is 5.92 Å². The molecular weight excluding hydrogens is 408 g/mol. The van der Waals surface area contributed by atoms with Gasteiger partial charge in [0.2, 0.25) is 0 Å². The fraction of sp³-hybridized carbons (Fsp3) is 0.417. The average molecular weight is 441 g/mol. The van der Waals surface area contributed by atoms with Crippen LogP contribution in [0.25, 0.3) is 0 Å². The van der Waals surface area contributed by atoms with Crippen LogP contribution in [0.1, 0.15) is 24.2 Å². The zero-order valence-corrected chi connectivity index (χ0v) is 19.1. The van der Waals surface area contributed by atoms with Crippen LogP contribution in [-0.4, -0.2) is 62.8 Å². The van der Waals surface area contributed by atoms with Crippen LogP contribution in [-0.2, 0) is 4.74 Å². The van der Waals surface area contributed by atoms with Gasteiger partial charge in [0.25, 0.3) is 5.91 Å². The highest BCUT2D eigenvalue weighted by atomic mass is 16.5. The number of nitrogens with zero attached hydrogens (tertiary/aromatic N) is 1. The van der Waals surface area contributed by atoms with E-state index in [0.717, 1.165) is 6.54 Å². The molecule has 172 valence electrons. The van der Waals surface area contributed by atoms with E-state index >= 15 is 0 Å². The first kappa shape index (κ1) is 23.6. The summed E-state index contributed by atoms with van der Waals surface area (Å²) >= 11 is 0. The molecule has 1 heterocycles. The number of urea groups is 1. The van der Waals surface area contributed by atoms with Gasteiger partial charge in [-0.1, -0.05) is 25.1 Å². The van der Waals surface area contributed by atoms with Crippen molar-refractivity contribution in [1.82, 2.24) is 10.2 Å². The molecule has 3 atom stereocenters. The van der Waals surface area contributed by atoms with Crippen LogP contribution in [0.15, 0.2) is 48.5 Å². The maximum Gasteiger partial charge on any atom is 0.323 e. The molecule has 8 heteroatoms. The Morgan fingerprint density at radius 1 is 1.12 bits per heavy atom. The third kappa shape index (κ3) is 6.21. The number of amides is 3. The maximum atomic E-state index is 13.2. The molecule has 0 fully saturated rings. The second kappa shape index (κ2) is 11.0. The Morgan fingerprint density at radius 2 is 1.84 bits per heavy atom. The lowest BCUT2D eigenvalue weighted by Crippen LogP contribution is -2.44. The van der Waals surface area contributed by atoms with Crippen molar-refractivity contribution in [3.8, 4) is 5.75 Å². The number of carbonyl (C=O) groups excluding carboxylic acids is 2. The van der Waals surface area contributed by atoms with Crippen molar-refractivity contribution >= 4 is 23.3 Å². The molecule has 2 aromatic rings. The Morgan fingerprint density at radius 3 is 2.56 bits per heavy atom. The van der Waals surface area contributed by atoms with Crippen molar-refractivity contribution in [2.45, 2.75) is 26.0 Å². The second-order valence-electron chi connectivity index (χ2n) is 8.21. The molecule has 0 aromatic heterocycles. The molecule has 3 rings (SSSR count). The number of carbonyl (C=O) groups is 2. The Labute approximate surface area is 189 Å². The molecule has 0 spiro atoms. The Hall–Kier alpha value is -3.10. The highest BCUT2D eigenvalue weighted by molar-refractivity contribution is 6.01. The Kier molecular flexibility index (Phi) is 8.08. The Bertz CT molecular complexity index is 921. The number of ether oxygens (including phenoxy) is 2. The first-order valence-corrected chi connectivity index (χ1v) is 10.8. The van der Waals surface area contributed by atoms with E-state index in [1.807, 2.05) is 25.1 Å². The monoisotopic (exact) mass is 440 g/mol. The van der Waals surface area contributed by atoms with E-state index in [9.17, 15) is 9.59 Å². The molecule has 0 saturated carbocycles. The number of para-hydroxylation sites is 1. The van der Waals surface area contributed by atoms with Gasteiger partial charge in [0.15, 0.2) is 0 Å². The maximum absolute atomic E-state index is 13.2. The first-order valence-electron chi connectivity index (χ1n) is 10.8. The smallest absolute Gasteiger partial charge is 0.323 e. The van der Waals surface area contributed by atoms with Crippen LogP contribution >= 0.6 is 0 Å². The minimum absolute atomic E-state index is 0.0769. The minimum atomic E-state index is -0.375. The third-order valence-corrected chi connectivity index (χ3v) is 5.52. The van der Waals surface area contributed by atoms with Gasteiger partial charge < -0.3 is 30.3 Å². The number of likely N-dealkylation sites (N-methyl/N-ethyl adjacent to an activating group) is 1. The highest BCUT2D eigenvalue weighted by Gasteiger charge is 2.25. The molecule has 32 heavy (non-hydrogen) atoms. The molecule has 2 aromatic carbocycles. The summed E-state index contributed by atoms with van der Waals surface area (Å²) in [7, 11) is 3.43. The van der Waals surface area contributed by atoms with Gasteiger partial charge in [0, 0.05) is 50.7 Å². The third-order valence-electron chi connectivity index (χ3n) is 5.52. The number of fused-ring (bicyclic) bond motifs is 1. The summed E-state index contributed by atoms with van der Waals surface area (Å²) in [5.41, 5.74) is 1.66. The van der Waals surface area contributed by atoms with E-state index in [0.29, 0.717) is 35.8 Å². The SMILES string of the molecule is CO[C@@H]1CN(C)C(=O)c2ccc(NC(=O)Nc3ccccc3)cc2OC[C@H](C)NC[C@H]1C. The summed E-state index contributed by atoms with van der Waals surface area (Å²) in [6.07, 6.45) is -0.0879. The number of hydrogen-bond acceptors (Lipinski definition) is 5. The van der Waals surface area contributed by atoms with Crippen LogP contribution in [0.2, 0.25) is 0 Å². The van der Waals surface area contributed by atoms with Gasteiger partial charge in [-0.15, -0.1) is 0 Å². The fourth-order valence-corrected chi connectivity index (χ4v) is 3.55. The molecule has 0 aliphatic carbocycles. The zero-order valence-electron chi connectivity index (χ0n) is 19.1. The summed E-state index contributed by atoms with van der Waals surface area (Å²) in [6, 6.07) is 13.9. The van der Waals surface area contributed by atoms with Gasteiger partial charge in [-0.2, -0.15) is 0 Å². The lowest BCUT2D eigenvalue weighted by molar-refractivity contribution is 0.0281. The van der Waals surface area contributed by atoms with Gasteiger partial charge in [-0.05, 0) is 37.1 Å². The fourth-order valence-electron chi connectivity index (χ4n) is 3.55. The van der Waals surface area contributed by atoms with Crippen LogP contribution in [0, 0.1) is 5.92 Å². The van der Waals surface area contributed by atoms with Gasteiger partial charge in [-0.25, -0.2) is 4.79 Å². The number of nitrogens with one attached hydrogen (secondary N) is 3. The standard InChI is InChI=1S/C24H32N4O4/c1-16-13-25-17(2)15-32-21-12-19(27-24(30)26-18-8-6-5-7-9-18)10-11-20(21)23(29)28(3)14-22(16)31-4/h5-12,16-17,22,25H,13-15H2,1-4H3,(H2,26,27,30)/t16-,17+,22-/m1/s1. The molecule has 1 aliphatic heterocycles. The van der Waals surface area contributed by atoms with Crippen LogP contribution in [0.4, 0.5) is 16.2 Å². The van der Waals surface area contributed by atoms with Gasteiger partial charge in [0.1, 0.15) is 12.4 Å². The minimum Gasteiger partial charge on any atom is -0.491 e. The van der Waals surface area contributed by atoms with E-state index in [4.69, 9.17) is 9.47 Å². The molecule has 8 nitrogen and oxygen atoms in total. The van der Waals surface area contributed by atoms with E-state index in [1.165, 1.54) is 0 Å². The highest BCUT2D eigenvalue weighted by Crippen LogP contribution is 2.26. The van der Waals surface area contributed by atoms with Crippen LogP contribution in [0.3, 0.4) is 0 Å². The summed E-state index contributed by atoms with van der Waals surface area (Å²) in [4.78, 5) is 27.2. The van der Waals surface area contributed by atoms with Crippen molar-refractivity contribution in [2.75, 3.05) is 44.5 Å². The summed E-state index contributed by atoms with van der Waals surface area (Å²) in [5, 5.41) is 9.03. The van der Waals surface area contributed by atoms with Gasteiger partial charge in [-0.3, -0.25) is 4.79 Å². The quantitative estimate of drug-likeness (QED) is 0.680. The van der Waals surface area contributed by atoms with Crippen LogP contribution < -0.4 is 20.7 Å². The predicted octanol–water partition coefficient (Wildman–Crippen LogP) is 3.42. The van der Waals surface area contributed by atoms with Crippen molar-refractivity contribution in [1.29, 1.82) is 0 Å².